The molecule has 1 aliphatic heterocycles. The van der Waals surface area contributed by atoms with Gasteiger partial charge >= 0.3 is 0 Å². The number of amides is 1. The van der Waals surface area contributed by atoms with Crippen molar-refractivity contribution >= 4 is 11.7 Å². The van der Waals surface area contributed by atoms with E-state index >= 15 is 0 Å². The van der Waals surface area contributed by atoms with Gasteiger partial charge in [0.1, 0.15) is 0 Å². The summed E-state index contributed by atoms with van der Waals surface area (Å²) < 4.78 is 0. The summed E-state index contributed by atoms with van der Waals surface area (Å²) in [6.07, 6.45) is 2.09. The van der Waals surface area contributed by atoms with Gasteiger partial charge in [-0.05, 0) is 12.8 Å². The summed E-state index contributed by atoms with van der Waals surface area (Å²) in [6.45, 7) is 6.20. The molecular formula is C13H17N5O. The first-order valence-electron chi connectivity index (χ1n) is 6.45. The van der Waals surface area contributed by atoms with Gasteiger partial charge in [0.2, 0.25) is 5.91 Å². The molecule has 6 nitrogen and oxygen atoms in total. The van der Waals surface area contributed by atoms with Crippen molar-refractivity contribution in [2.24, 2.45) is 0 Å². The van der Waals surface area contributed by atoms with Crippen molar-refractivity contribution in [3.8, 4) is 0 Å². The van der Waals surface area contributed by atoms with Crippen molar-refractivity contribution in [3.63, 3.8) is 0 Å². The zero-order valence-corrected chi connectivity index (χ0v) is 11.2. The van der Waals surface area contributed by atoms with Crippen molar-refractivity contribution in [2.45, 2.75) is 39.0 Å². The summed E-state index contributed by atoms with van der Waals surface area (Å²) in [7, 11) is 0. The smallest absolute Gasteiger partial charge is 0.226 e. The van der Waals surface area contributed by atoms with Crippen LogP contribution in [0.5, 0.6) is 0 Å². The number of nitrogens with zero attached hydrogens (tertiary/aromatic N) is 2. The number of hydrogen-bond donors (Lipinski definition) is 3. The van der Waals surface area contributed by atoms with Crippen molar-refractivity contribution in [2.75, 3.05) is 5.32 Å². The molecule has 0 aliphatic carbocycles. The Morgan fingerprint density at radius 1 is 1.42 bits per heavy atom. The van der Waals surface area contributed by atoms with E-state index in [1.54, 1.807) is 6.33 Å². The van der Waals surface area contributed by atoms with Crippen LogP contribution in [0.2, 0.25) is 0 Å². The van der Waals surface area contributed by atoms with Crippen molar-refractivity contribution in [3.05, 3.63) is 29.0 Å². The molecule has 0 bridgehead atoms. The number of fused-ring (bicyclic) bond motifs is 1. The number of anilines is 1. The normalized spacial score (nSPS) is 18.5. The highest BCUT2D eigenvalue weighted by Gasteiger charge is 2.34. The Morgan fingerprint density at radius 2 is 2.21 bits per heavy atom. The van der Waals surface area contributed by atoms with Gasteiger partial charge in [0.25, 0.3) is 0 Å². The maximum absolute atomic E-state index is 11.8. The number of aromatic amines is 2. The van der Waals surface area contributed by atoms with E-state index in [-0.39, 0.29) is 11.8 Å². The maximum Gasteiger partial charge on any atom is 0.226 e. The molecule has 3 N–H and O–H groups in total. The highest BCUT2D eigenvalue weighted by Crippen LogP contribution is 2.40. The van der Waals surface area contributed by atoms with Crippen LogP contribution in [0.3, 0.4) is 0 Å². The van der Waals surface area contributed by atoms with Crippen LogP contribution < -0.4 is 5.32 Å². The van der Waals surface area contributed by atoms with E-state index in [9.17, 15) is 4.79 Å². The van der Waals surface area contributed by atoms with Gasteiger partial charge in [-0.2, -0.15) is 5.10 Å². The minimum Gasteiger partial charge on any atom is -0.348 e. The zero-order chi connectivity index (χ0) is 13.6. The van der Waals surface area contributed by atoms with E-state index in [1.165, 1.54) is 0 Å². The number of aryl methyl sites for hydroxylation is 1. The van der Waals surface area contributed by atoms with Crippen molar-refractivity contribution in [1.29, 1.82) is 0 Å². The van der Waals surface area contributed by atoms with E-state index in [4.69, 9.17) is 0 Å². The Balaban J connectivity index is 2.15. The average molecular weight is 259 g/mol. The molecule has 2 aromatic heterocycles. The minimum atomic E-state index is -0.0221. The molecule has 0 saturated carbocycles. The molecule has 0 aromatic carbocycles. The molecule has 1 unspecified atom stereocenters. The first kappa shape index (κ1) is 12.0. The maximum atomic E-state index is 11.8. The van der Waals surface area contributed by atoms with Gasteiger partial charge in [0.15, 0.2) is 5.82 Å². The first-order valence-corrected chi connectivity index (χ1v) is 6.45. The van der Waals surface area contributed by atoms with Crippen molar-refractivity contribution in [1.82, 2.24) is 20.2 Å². The van der Waals surface area contributed by atoms with Gasteiger partial charge in [0, 0.05) is 29.3 Å². The molecular weight excluding hydrogens is 242 g/mol. The van der Waals surface area contributed by atoms with Crippen LogP contribution in [0, 0.1) is 6.92 Å². The van der Waals surface area contributed by atoms with E-state index in [0.29, 0.717) is 18.2 Å². The molecule has 6 heteroatoms. The van der Waals surface area contributed by atoms with Crippen LogP contribution in [0.25, 0.3) is 0 Å². The third kappa shape index (κ3) is 1.83. The molecule has 0 fully saturated rings. The summed E-state index contributed by atoms with van der Waals surface area (Å²) in [4.78, 5) is 19.3. The third-order valence-corrected chi connectivity index (χ3v) is 3.61. The predicted molar refractivity (Wildman–Crippen MR) is 71.1 cm³/mol. The molecule has 2 aromatic rings. The molecule has 1 amide bonds. The van der Waals surface area contributed by atoms with Crippen molar-refractivity contribution < 1.29 is 4.79 Å². The molecule has 0 saturated heterocycles. The molecule has 0 radical (unpaired) electrons. The van der Waals surface area contributed by atoms with Gasteiger partial charge in [-0.15, -0.1) is 0 Å². The number of carbonyl (C=O) groups is 1. The highest BCUT2D eigenvalue weighted by molar-refractivity contribution is 5.94. The van der Waals surface area contributed by atoms with Gasteiger partial charge in [0.05, 0.1) is 12.0 Å². The first-order chi connectivity index (χ1) is 9.08. The van der Waals surface area contributed by atoms with E-state index in [2.05, 4.69) is 39.3 Å². The summed E-state index contributed by atoms with van der Waals surface area (Å²) >= 11 is 0. The molecule has 100 valence electrons. The molecule has 19 heavy (non-hydrogen) atoms. The second kappa shape index (κ2) is 4.22. The van der Waals surface area contributed by atoms with Crippen LogP contribution in [0.4, 0.5) is 5.82 Å². The lowest BCUT2D eigenvalue weighted by atomic mass is 9.86. The number of rotatable bonds is 2. The molecule has 3 rings (SSSR count). The topological polar surface area (TPSA) is 86.5 Å². The SMILES string of the molecule is Cc1[nH]cnc1C1CC(=O)Nc2n[nH]c(C(C)C)c21. The predicted octanol–water partition coefficient (Wildman–Crippen LogP) is 2.04. The van der Waals surface area contributed by atoms with Gasteiger partial charge in [-0.3, -0.25) is 9.89 Å². The summed E-state index contributed by atoms with van der Waals surface area (Å²) in [5.74, 6) is 0.938. The van der Waals surface area contributed by atoms with Crippen LogP contribution in [0.15, 0.2) is 6.33 Å². The van der Waals surface area contributed by atoms with Gasteiger partial charge < -0.3 is 10.3 Å². The Bertz CT molecular complexity index is 625. The van der Waals surface area contributed by atoms with Gasteiger partial charge in [-0.1, -0.05) is 13.8 Å². The fourth-order valence-corrected chi connectivity index (χ4v) is 2.68. The molecule has 1 aliphatic rings. The standard InChI is InChI=1S/C13H17N5O/c1-6(2)11-10-8(12-7(3)14-5-15-12)4-9(19)16-13(10)18-17-11/h5-6,8H,4H2,1-3H3,(H,14,15)(H2,16,17,18,19). The fraction of sp³-hybridized carbons (Fsp3) is 0.462. The Morgan fingerprint density at radius 3 is 2.84 bits per heavy atom. The highest BCUT2D eigenvalue weighted by atomic mass is 16.1. The second-order valence-corrected chi connectivity index (χ2v) is 5.27. The Kier molecular flexibility index (Phi) is 2.66. The third-order valence-electron chi connectivity index (χ3n) is 3.61. The largest absolute Gasteiger partial charge is 0.348 e. The minimum absolute atomic E-state index is 0.0123. The quantitative estimate of drug-likeness (QED) is 0.771. The summed E-state index contributed by atoms with van der Waals surface area (Å²) in [5.41, 5.74) is 4.08. The van der Waals surface area contributed by atoms with Gasteiger partial charge in [-0.25, -0.2) is 4.98 Å². The molecule has 3 heterocycles. The fourth-order valence-electron chi connectivity index (χ4n) is 2.68. The molecule has 1 atom stereocenters. The number of aromatic nitrogens is 4. The second-order valence-electron chi connectivity index (χ2n) is 5.27. The van der Waals surface area contributed by atoms with E-state index < -0.39 is 0 Å². The van der Waals surface area contributed by atoms with Crippen LogP contribution in [0.1, 0.15) is 54.7 Å². The van der Waals surface area contributed by atoms with Crippen LogP contribution >= 0.6 is 0 Å². The lowest BCUT2D eigenvalue weighted by molar-refractivity contribution is -0.116. The average Bonchev–Trinajstić information content (AvgIpc) is 2.93. The van der Waals surface area contributed by atoms with Crippen LogP contribution in [-0.4, -0.2) is 26.1 Å². The zero-order valence-electron chi connectivity index (χ0n) is 11.2. The lowest BCUT2D eigenvalue weighted by Crippen LogP contribution is -2.24. The van der Waals surface area contributed by atoms with E-state index in [1.807, 2.05) is 6.92 Å². The summed E-state index contributed by atoms with van der Waals surface area (Å²) in [6, 6.07) is 0. The number of imidazole rings is 1. The number of hydrogen-bond acceptors (Lipinski definition) is 3. The number of carbonyl (C=O) groups excluding carboxylic acids is 1. The van der Waals surface area contributed by atoms with E-state index in [0.717, 1.165) is 22.6 Å². The Labute approximate surface area is 111 Å². The summed E-state index contributed by atoms with van der Waals surface area (Å²) in [5, 5.41) is 10.1. The lowest BCUT2D eigenvalue weighted by Gasteiger charge is -2.23. The van der Waals surface area contributed by atoms with Crippen LogP contribution in [-0.2, 0) is 4.79 Å². The number of nitrogens with one attached hydrogen (secondary N) is 3. The Hall–Kier alpha value is -2.11. The number of H-pyrrole nitrogens is 2. The monoisotopic (exact) mass is 259 g/mol. The molecule has 0 spiro atoms.